The van der Waals surface area contributed by atoms with Crippen LogP contribution >= 0.6 is 0 Å². The summed E-state index contributed by atoms with van der Waals surface area (Å²) >= 11 is 0. The maximum atomic E-state index is 12.0. The molecular weight excluding hydrogens is 432 g/mol. The molecule has 34 heavy (non-hydrogen) atoms. The lowest BCUT2D eigenvalue weighted by molar-refractivity contribution is -0.125. The van der Waals surface area contributed by atoms with Crippen molar-refractivity contribution in [3.63, 3.8) is 0 Å². The fourth-order valence-corrected chi connectivity index (χ4v) is 5.78. The summed E-state index contributed by atoms with van der Waals surface area (Å²) in [7, 11) is 0. The van der Waals surface area contributed by atoms with Crippen LogP contribution in [-0.4, -0.2) is 71.5 Å². The smallest absolute Gasteiger partial charge is 0.237 e. The molecule has 4 fully saturated rings. The highest BCUT2D eigenvalue weighted by atomic mass is 16.3. The van der Waals surface area contributed by atoms with Gasteiger partial charge in [-0.05, 0) is 89.1 Å². The van der Waals surface area contributed by atoms with Gasteiger partial charge < -0.3 is 31.5 Å². The van der Waals surface area contributed by atoms with Gasteiger partial charge in [0, 0.05) is 12.1 Å². The van der Waals surface area contributed by atoms with Crippen LogP contribution in [0, 0.1) is 11.8 Å². The van der Waals surface area contributed by atoms with E-state index in [1.807, 2.05) is 0 Å². The summed E-state index contributed by atoms with van der Waals surface area (Å²) in [6.45, 7) is 6.03. The molecule has 2 aliphatic carbocycles. The molecule has 0 spiro atoms. The van der Waals surface area contributed by atoms with Gasteiger partial charge in [-0.3, -0.25) is 9.59 Å². The number of aliphatic hydroxyl groups excluding tert-OH is 2. The summed E-state index contributed by atoms with van der Waals surface area (Å²) in [5.41, 5.74) is 0. The zero-order valence-corrected chi connectivity index (χ0v) is 21.2. The van der Waals surface area contributed by atoms with Crippen molar-refractivity contribution in [3.05, 3.63) is 0 Å². The van der Waals surface area contributed by atoms with E-state index >= 15 is 0 Å². The van der Waals surface area contributed by atoms with Crippen molar-refractivity contribution in [1.82, 2.24) is 21.3 Å². The van der Waals surface area contributed by atoms with Gasteiger partial charge in [-0.2, -0.15) is 0 Å². The van der Waals surface area contributed by atoms with Crippen molar-refractivity contribution in [2.45, 2.75) is 127 Å². The quantitative estimate of drug-likeness (QED) is 0.363. The third-order valence-corrected chi connectivity index (χ3v) is 8.19. The Balaban J connectivity index is 0.000000191. The maximum Gasteiger partial charge on any atom is 0.237 e. The van der Waals surface area contributed by atoms with Crippen molar-refractivity contribution >= 4 is 11.8 Å². The minimum absolute atomic E-state index is 0.00547. The Morgan fingerprint density at radius 1 is 0.647 bits per heavy atom. The zero-order chi connectivity index (χ0) is 24.5. The molecule has 0 unspecified atom stereocenters. The number of amides is 2. The number of carbonyl (C=O) groups excluding carboxylic acids is 2. The van der Waals surface area contributed by atoms with Crippen LogP contribution in [0.25, 0.3) is 0 Å². The Kier molecular flexibility index (Phi) is 11.1. The van der Waals surface area contributed by atoms with Gasteiger partial charge in [0.05, 0.1) is 24.3 Å². The molecule has 2 saturated carbocycles. The van der Waals surface area contributed by atoms with Crippen LogP contribution in [0.15, 0.2) is 0 Å². The molecule has 2 heterocycles. The number of carbonyl (C=O) groups is 2. The van der Waals surface area contributed by atoms with Crippen molar-refractivity contribution < 1.29 is 19.8 Å². The van der Waals surface area contributed by atoms with E-state index < -0.39 is 0 Å². The second-order valence-corrected chi connectivity index (χ2v) is 11.1. The van der Waals surface area contributed by atoms with E-state index in [1.165, 1.54) is 12.8 Å². The summed E-state index contributed by atoms with van der Waals surface area (Å²) in [4.78, 5) is 24.0. The van der Waals surface area contributed by atoms with Crippen molar-refractivity contribution in [1.29, 1.82) is 0 Å². The van der Waals surface area contributed by atoms with Gasteiger partial charge in [0.15, 0.2) is 0 Å². The Morgan fingerprint density at radius 3 is 1.38 bits per heavy atom. The largest absolute Gasteiger partial charge is 0.393 e. The van der Waals surface area contributed by atoms with Crippen LogP contribution in [0.4, 0.5) is 0 Å². The summed E-state index contributed by atoms with van der Waals surface area (Å²) in [5, 5.41) is 32.1. The van der Waals surface area contributed by atoms with Crippen LogP contribution in [0.1, 0.15) is 90.9 Å². The Labute approximate surface area is 205 Å². The summed E-state index contributed by atoms with van der Waals surface area (Å²) in [5.74, 6) is 0.901. The first kappa shape index (κ1) is 27.4. The van der Waals surface area contributed by atoms with Gasteiger partial charge in [0.25, 0.3) is 0 Å². The van der Waals surface area contributed by atoms with Gasteiger partial charge >= 0.3 is 0 Å². The highest BCUT2D eigenvalue weighted by Gasteiger charge is 2.30. The van der Waals surface area contributed by atoms with Gasteiger partial charge in [-0.15, -0.1) is 0 Å². The number of hydrogen-bond donors (Lipinski definition) is 6. The molecule has 8 atom stereocenters. The molecular formula is C26H48N4O4. The van der Waals surface area contributed by atoms with E-state index in [0.29, 0.717) is 11.8 Å². The van der Waals surface area contributed by atoms with Crippen LogP contribution in [0.5, 0.6) is 0 Å². The van der Waals surface area contributed by atoms with Crippen molar-refractivity contribution in [2.75, 3.05) is 13.1 Å². The topological polar surface area (TPSA) is 123 Å². The molecule has 2 saturated heterocycles. The summed E-state index contributed by atoms with van der Waals surface area (Å²) in [6.07, 6.45) is 11.4. The van der Waals surface area contributed by atoms with Crippen LogP contribution < -0.4 is 21.3 Å². The molecule has 6 N–H and O–H groups in total. The van der Waals surface area contributed by atoms with Crippen LogP contribution in [-0.2, 0) is 9.59 Å². The molecule has 4 rings (SSSR count). The molecule has 0 aromatic rings. The minimum Gasteiger partial charge on any atom is -0.393 e. The average Bonchev–Trinajstić information content (AvgIpc) is 2.85. The molecule has 8 nitrogen and oxygen atoms in total. The van der Waals surface area contributed by atoms with Crippen molar-refractivity contribution in [2.24, 2.45) is 11.8 Å². The van der Waals surface area contributed by atoms with Crippen molar-refractivity contribution in [3.8, 4) is 0 Å². The van der Waals surface area contributed by atoms with Gasteiger partial charge in [-0.1, -0.05) is 26.7 Å². The van der Waals surface area contributed by atoms with E-state index in [-0.39, 0.29) is 48.2 Å². The second kappa shape index (κ2) is 13.8. The lowest BCUT2D eigenvalue weighted by atomic mass is 9.84. The molecule has 0 bridgehead atoms. The molecule has 4 aliphatic rings. The molecule has 0 aromatic carbocycles. The lowest BCUT2D eigenvalue weighted by Gasteiger charge is -2.33. The van der Waals surface area contributed by atoms with Crippen LogP contribution in [0.2, 0.25) is 0 Å². The maximum absolute atomic E-state index is 12.0. The number of nitrogens with one attached hydrogen (secondary N) is 4. The van der Waals surface area contributed by atoms with E-state index in [2.05, 4.69) is 35.1 Å². The van der Waals surface area contributed by atoms with E-state index in [4.69, 9.17) is 0 Å². The minimum atomic E-state index is -0.184. The molecule has 2 amide bonds. The lowest BCUT2D eigenvalue weighted by Crippen LogP contribution is -2.51. The average molecular weight is 481 g/mol. The molecule has 2 aliphatic heterocycles. The van der Waals surface area contributed by atoms with Gasteiger partial charge in [0.2, 0.25) is 11.8 Å². The molecule has 8 heteroatoms. The fourth-order valence-electron chi connectivity index (χ4n) is 5.78. The third-order valence-electron chi connectivity index (χ3n) is 8.19. The summed E-state index contributed by atoms with van der Waals surface area (Å²) in [6, 6.07) is 0.520. The van der Waals surface area contributed by atoms with E-state index in [1.54, 1.807) is 0 Å². The fraction of sp³-hybridized carbons (Fsp3) is 0.923. The van der Waals surface area contributed by atoms with Gasteiger partial charge in [0.1, 0.15) is 0 Å². The Morgan fingerprint density at radius 2 is 1.06 bits per heavy atom. The van der Waals surface area contributed by atoms with E-state index in [0.717, 1.165) is 77.3 Å². The number of aliphatic hydroxyl groups is 2. The zero-order valence-electron chi connectivity index (χ0n) is 21.2. The number of piperidine rings is 2. The predicted molar refractivity (Wildman–Crippen MR) is 133 cm³/mol. The number of hydrogen-bond acceptors (Lipinski definition) is 6. The monoisotopic (exact) mass is 480 g/mol. The van der Waals surface area contributed by atoms with Crippen LogP contribution in [0.3, 0.4) is 0 Å². The summed E-state index contributed by atoms with van der Waals surface area (Å²) < 4.78 is 0. The molecule has 0 radical (unpaired) electrons. The number of rotatable bonds is 4. The Hall–Kier alpha value is -1.22. The predicted octanol–water partition coefficient (Wildman–Crippen LogP) is 1.59. The highest BCUT2D eigenvalue weighted by molar-refractivity contribution is 5.82. The third kappa shape index (κ3) is 8.47. The SMILES string of the molecule is C[C@@H]1C[C@@H](NC(=O)[C@H]2CCCCN2)CC[C@H]1O.C[C@H]1C[C@H](NC(=O)[C@H]2CCCCN2)CC[C@@H]1O. The van der Waals surface area contributed by atoms with E-state index in [9.17, 15) is 19.8 Å². The first-order valence-electron chi connectivity index (χ1n) is 13.8. The standard InChI is InChI=1S/2C13H24N2O2/c2*1-9-8-10(5-6-12(9)16)15-13(17)11-4-2-3-7-14-11/h2*9-12,14,16H,2-8H2,1H3,(H,15,17)/t9-,10+,11+,12-;9-,10+,11-,12-/m01/s1. The second-order valence-electron chi connectivity index (χ2n) is 11.1. The molecule has 0 aromatic heterocycles. The normalized spacial score (nSPS) is 38.7. The van der Waals surface area contributed by atoms with Gasteiger partial charge in [-0.25, -0.2) is 0 Å². The molecule has 196 valence electrons. The first-order valence-corrected chi connectivity index (χ1v) is 13.8. The Bertz CT molecular complexity index is 582. The highest BCUT2D eigenvalue weighted by Crippen LogP contribution is 2.25. The first-order chi connectivity index (χ1) is 16.3.